The lowest BCUT2D eigenvalue weighted by Gasteiger charge is -2.05. The van der Waals surface area contributed by atoms with Gasteiger partial charge in [-0.2, -0.15) is 0 Å². The lowest BCUT2D eigenvalue weighted by Crippen LogP contribution is -2.18. The average molecular weight is 255 g/mol. The number of primary amides is 1. The predicted molar refractivity (Wildman–Crippen MR) is 68.8 cm³/mol. The second-order valence-corrected chi connectivity index (χ2v) is 4.69. The summed E-state index contributed by atoms with van der Waals surface area (Å²) in [5.41, 5.74) is 5.89. The van der Waals surface area contributed by atoms with Crippen molar-refractivity contribution >= 4 is 28.8 Å². The molecule has 0 bridgehead atoms. The molecule has 0 aliphatic carbocycles. The number of hydrogen-bond donors (Lipinski definition) is 3. The van der Waals surface area contributed by atoms with Gasteiger partial charge >= 0.3 is 0 Å². The zero-order valence-corrected chi connectivity index (χ0v) is 10.6. The molecule has 0 aliphatic rings. The molecule has 0 saturated heterocycles. The van der Waals surface area contributed by atoms with Gasteiger partial charge in [-0.25, -0.2) is 0 Å². The molecule has 0 radical (unpaired) electrons. The van der Waals surface area contributed by atoms with E-state index in [2.05, 4.69) is 10.6 Å². The van der Waals surface area contributed by atoms with Crippen molar-refractivity contribution in [1.29, 1.82) is 0 Å². The first kappa shape index (κ1) is 13.7. The van der Waals surface area contributed by atoms with E-state index in [4.69, 9.17) is 5.73 Å². The molecule has 1 heterocycles. The SMILES string of the molecule is CC(=O)Nc1ccsc1CNCCCC(N)=O. The van der Waals surface area contributed by atoms with Crippen molar-refractivity contribution < 1.29 is 9.59 Å². The molecule has 0 spiro atoms. The highest BCUT2D eigenvalue weighted by molar-refractivity contribution is 7.10. The quantitative estimate of drug-likeness (QED) is 0.637. The van der Waals surface area contributed by atoms with Crippen LogP contribution in [0.2, 0.25) is 0 Å². The molecule has 6 heteroatoms. The van der Waals surface area contributed by atoms with Gasteiger partial charge in [0, 0.05) is 24.8 Å². The Morgan fingerprint density at radius 3 is 2.88 bits per heavy atom. The second-order valence-electron chi connectivity index (χ2n) is 3.69. The monoisotopic (exact) mass is 255 g/mol. The molecular weight excluding hydrogens is 238 g/mol. The molecule has 17 heavy (non-hydrogen) atoms. The maximum Gasteiger partial charge on any atom is 0.221 e. The molecule has 94 valence electrons. The Labute approximate surface area is 104 Å². The standard InChI is InChI=1S/C11H17N3O2S/c1-8(15)14-9-4-6-17-10(9)7-13-5-2-3-11(12)16/h4,6,13H,2-3,5,7H2,1H3,(H2,12,16)(H,14,15). The summed E-state index contributed by atoms with van der Waals surface area (Å²) in [5, 5.41) is 7.91. The van der Waals surface area contributed by atoms with E-state index in [1.807, 2.05) is 11.4 Å². The molecule has 1 aromatic heterocycles. The molecule has 0 aromatic carbocycles. The normalized spacial score (nSPS) is 10.2. The van der Waals surface area contributed by atoms with E-state index < -0.39 is 0 Å². The first-order valence-corrected chi connectivity index (χ1v) is 6.30. The van der Waals surface area contributed by atoms with Crippen LogP contribution in [0.4, 0.5) is 5.69 Å². The maximum atomic E-state index is 10.9. The number of anilines is 1. The van der Waals surface area contributed by atoms with Gasteiger partial charge in [0.25, 0.3) is 0 Å². The minimum Gasteiger partial charge on any atom is -0.370 e. The largest absolute Gasteiger partial charge is 0.370 e. The summed E-state index contributed by atoms with van der Waals surface area (Å²) in [5.74, 6) is -0.347. The lowest BCUT2D eigenvalue weighted by molar-refractivity contribution is -0.118. The third-order valence-corrected chi connectivity index (χ3v) is 3.04. The van der Waals surface area contributed by atoms with Crippen molar-refractivity contribution in [1.82, 2.24) is 5.32 Å². The van der Waals surface area contributed by atoms with Crippen molar-refractivity contribution in [3.8, 4) is 0 Å². The van der Waals surface area contributed by atoms with Gasteiger partial charge in [-0.05, 0) is 24.4 Å². The first-order valence-electron chi connectivity index (χ1n) is 5.42. The van der Waals surface area contributed by atoms with Crippen LogP contribution in [0, 0.1) is 0 Å². The van der Waals surface area contributed by atoms with E-state index in [0.717, 1.165) is 23.5 Å². The number of nitrogens with one attached hydrogen (secondary N) is 2. The number of amides is 2. The molecule has 5 nitrogen and oxygen atoms in total. The number of thiophene rings is 1. The Balaban J connectivity index is 2.29. The highest BCUT2D eigenvalue weighted by Gasteiger charge is 2.04. The molecule has 1 aromatic rings. The highest BCUT2D eigenvalue weighted by atomic mass is 32.1. The van der Waals surface area contributed by atoms with Crippen LogP contribution in [-0.2, 0) is 16.1 Å². The minimum absolute atomic E-state index is 0.0709. The molecular formula is C11H17N3O2S. The average Bonchev–Trinajstić information content (AvgIpc) is 2.64. The molecule has 1 rings (SSSR count). The van der Waals surface area contributed by atoms with Gasteiger partial charge in [-0.15, -0.1) is 11.3 Å². The van der Waals surface area contributed by atoms with E-state index in [1.165, 1.54) is 6.92 Å². The van der Waals surface area contributed by atoms with Gasteiger partial charge in [-0.3, -0.25) is 9.59 Å². The Morgan fingerprint density at radius 1 is 1.47 bits per heavy atom. The summed E-state index contributed by atoms with van der Waals surface area (Å²) in [7, 11) is 0. The Kier molecular flexibility index (Phi) is 5.65. The fourth-order valence-corrected chi connectivity index (χ4v) is 2.17. The van der Waals surface area contributed by atoms with Crippen molar-refractivity contribution in [3.05, 3.63) is 16.3 Å². The van der Waals surface area contributed by atoms with Crippen LogP contribution in [0.3, 0.4) is 0 Å². The molecule has 0 aliphatic heterocycles. The van der Waals surface area contributed by atoms with Crippen LogP contribution in [-0.4, -0.2) is 18.4 Å². The number of carbonyl (C=O) groups excluding carboxylic acids is 2. The van der Waals surface area contributed by atoms with Crippen LogP contribution < -0.4 is 16.4 Å². The van der Waals surface area contributed by atoms with Crippen LogP contribution >= 0.6 is 11.3 Å². The fourth-order valence-electron chi connectivity index (χ4n) is 1.37. The Hall–Kier alpha value is -1.40. The van der Waals surface area contributed by atoms with Crippen LogP contribution in [0.15, 0.2) is 11.4 Å². The van der Waals surface area contributed by atoms with Gasteiger partial charge in [0.05, 0.1) is 5.69 Å². The number of rotatable bonds is 7. The van der Waals surface area contributed by atoms with Crippen molar-refractivity contribution in [2.45, 2.75) is 26.3 Å². The topological polar surface area (TPSA) is 84.2 Å². The highest BCUT2D eigenvalue weighted by Crippen LogP contribution is 2.21. The van der Waals surface area contributed by atoms with Gasteiger partial charge in [0.15, 0.2) is 0 Å². The number of nitrogens with two attached hydrogens (primary N) is 1. The third kappa shape index (κ3) is 5.46. The number of carbonyl (C=O) groups is 2. The van der Waals surface area contributed by atoms with Gasteiger partial charge in [0.1, 0.15) is 0 Å². The Morgan fingerprint density at radius 2 is 2.24 bits per heavy atom. The van der Waals surface area contributed by atoms with E-state index in [1.54, 1.807) is 11.3 Å². The fraction of sp³-hybridized carbons (Fsp3) is 0.455. The summed E-state index contributed by atoms with van der Waals surface area (Å²) in [6.45, 7) is 2.91. The van der Waals surface area contributed by atoms with Crippen molar-refractivity contribution in [3.63, 3.8) is 0 Å². The maximum absolute atomic E-state index is 10.9. The van der Waals surface area contributed by atoms with E-state index in [0.29, 0.717) is 13.0 Å². The second kappa shape index (κ2) is 7.03. The summed E-state index contributed by atoms with van der Waals surface area (Å²) in [4.78, 5) is 22.5. The summed E-state index contributed by atoms with van der Waals surface area (Å²) >= 11 is 1.59. The van der Waals surface area contributed by atoms with Gasteiger partial charge < -0.3 is 16.4 Å². The summed E-state index contributed by atoms with van der Waals surface area (Å²) in [6, 6.07) is 1.88. The zero-order chi connectivity index (χ0) is 12.7. The van der Waals surface area contributed by atoms with Gasteiger partial charge in [0.2, 0.25) is 11.8 Å². The predicted octanol–water partition coefficient (Wildman–Crippen LogP) is 1.06. The lowest BCUT2D eigenvalue weighted by atomic mass is 10.3. The molecule has 4 N–H and O–H groups in total. The van der Waals surface area contributed by atoms with Crippen molar-refractivity contribution in [2.75, 3.05) is 11.9 Å². The molecule has 2 amide bonds. The van der Waals surface area contributed by atoms with E-state index >= 15 is 0 Å². The van der Waals surface area contributed by atoms with Crippen LogP contribution in [0.1, 0.15) is 24.6 Å². The minimum atomic E-state index is -0.276. The molecule has 0 fully saturated rings. The summed E-state index contributed by atoms with van der Waals surface area (Å²) < 4.78 is 0. The third-order valence-electron chi connectivity index (χ3n) is 2.12. The first-order chi connectivity index (χ1) is 8.09. The van der Waals surface area contributed by atoms with Crippen molar-refractivity contribution in [2.24, 2.45) is 5.73 Å². The van der Waals surface area contributed by atoms with E-state index in [-0.39, 0.29) is 11.8 Å². The van der Waals surface area contributed by atoms with E-state index in [9.17, 15) is 9.59 Å². The van der Waals surface area contributed by atoms with Gasteiger partial charge in [-0.1, -0.05) is 0 Å². The molecule has 0 unspecified atom stereocenters. The Bertz CT molecular complexity index is 390. The number of hydrogen-bond acceptors (Lipinski definition) is 4. The summed E-state index contributed by atoms with van der Waals surface area (Å²) in [6.07, 6.45) is 1.13. The smallest absolute Gasteiger partial charge is 0.221 e. The zero-order valence-electron chi connectivity index (χ0n) is 9.79. The van der Waals surface area contributed by atoms with Crippen LogP contribution in [0.5, 0.6) is 0 Å². The molecule has 0 saturated carbocycles. The van der Waals surface area contributed by atoms with Crippen LogP contribution in [0.25, 0.3) is 0 Å². The molecule has 0 atom stereocenters.